The van der Waals surface area contributed by atoms with Gasteiger partial charge in [-0.05, 0) is 24.7 Å². The standard InChI is InChI=1S/C21H22O2/c22-20(16-8-3-1-4-9-16)14-18-12-7-13-19(18)15-21(23)17-10-5-2-6-11-17/h1-6,8-11,18-19H,7,12-15H2/t18-,19-/m1/s1. The van der Waals surface area contributed by atoms with Crippen molar-refractivity contribution in [2.24, 2.45) is 11.8 Å². The molecule has 3 rings (SSSR count). The predicted molar refractivity (Wildman–Crippen MR) is 91.6 cm³/mol. The van der Waals surface area contributed by atoms with Crippen LogP contribution in [0.5, 0.6) is 0 Å². The fourth-order valence-electron chi connectivity index (χ4n) is 3.61. The van der Waals surface area contributed by atoms with Gasteiger partial charge in [-0.1, -0.05) is 67.1 Å². The lowest BCUT2D eigenvalue weighted by Crippen LogP contribution is -2.17. The van der Waals surface area contributed by atoms with Crippen LogP contribution < -0.4 is 0 Å². The molecule has 0 N–H and O–H groups in total. The quantitative estimate of drug-likeness (QED) is 0.708. The van der Waals surface area contributed by atoms with Gasteiger partial charge in [0.05, 0.1) is 0 Å². The van der Waals surface area contributed by atoms with Crippen molar-refractivity contribution in [2.75, 3.05) is 0 Å². The van der Waals surface area contributed by atoms with E-state index in [-0.39, 0.29) is 11.6 Å². The lowest BCUT2D eigenvalue weighted by Gasteiger charge is -2.18. The Hall–Kier alpha value is -2.22. The first kappa shape index (κ1) is 15.7. The average Bonchev–Trinajstić information content (AvgIpc) is 3.03. The minimum absolute atomic E-state index is 0.203. The third kappa shape index (κ3) is 3.95. The lowest BCUT2D eigenvalue weighted by molar-refractivity contribution is 0.0905. The number of hydrogen-bond donors (Lipinski definition) is 0. The molecule has 0 heterocycles. The average molecular weight is 306 g/mol. The Morgan fingerprint density at radius 1 is 0.696 bits per heavy atom. The molecule has 23 heavy (non-hydrogen) atoms. The van der Waals surface area contributed by atoms with Gasteiger partial charge in [-0.2, -0.15) is 0 Å². The highest BCUT2D eigenvalue weighted by Crippen LogP contribution is 2.37. The Morgan fingerprint density at radius 2 is 1.09 bits per heavy atom. The van der Waals surface area contributed by atoms with E-state index in [1.807, 2.05) is 60.7 Å². The monoisotopic (exact) mass is 306 g/mol. The first-order valence-corrected chi connectivity index (χ1v) is 8.40. The zero-order chi connectivity index (χ0) is 16.1. The Balaban J connectivity index is 1.62. The molecule has 118 valence electrons. The maximum Gasteiger partial charge on any atom is 0.163 e. The second-order valence-corrected chi connectivity index (χ2v) is 6.44. The van der Waals surface area contributed by atoms with Crippen LogP contribution in [0, 0.1) is 11.8 Å². The van der Waals surface area contributed by atoms with E-state index in [1.54, 1.807) is 0 Å². The summed E-state index contributed by atoms with van der Waals surface area (Å²) in [5.74, 6) is 1.09. The van der Waals surface area contributed by atoms with Crippen LogP contribution in [0.2, 0.25) is 0 Å². The molecule has 1 saturated carbocycles. The Bertz CT molecular complexity index is 601. The van der Waals surface area contributed by atoms with Crippen molar-refractivity contribution in [1.82, 2.24) is 0 Å². The van der Waals surface area contributed by atoms with E-state index in [2.05, 4.69) is 0 Å². The zero-order valence-electron chi connectivity index (χ0n) is 13.3. The number of hydrogen-bond acceptors (Lipinski definition) is 2. The van der Waals surface area contributed by atoms with E-state index in [0.29, 0.717) is 24.7 Å². The van der Waals surface area contributed by atoms with Gasteiger partial charge in [0.2, 0.25) is 0 Å². The predicted octanol–water partition coefficient (Wildman–Crippen LogP) is 4.95. The summed E-state index contributed by atoms with van der Waals surface area (Å²) in [7, 11) is 0. The highest BCUT2D eigenvalue weighted by molar-refractivity contribution is 5.97. The van der Waals surface area contributed by atoms with Crippen LogP contribution >= 0.6 is 0 Å². The van der Waals surface area contributed by atoms with E-state index in [4.69, 9.17) is 0 Å². The molecule has 1 aliphatic carbocycles. The van der Waals surface area contributed by atoms with Gasteiger partial charge in [0.15, 0.2) is 11.6 Å². The van der Waals surface area contributed by atoms with Crippen molar-refractivity contribution < 1.29 is 9.59 Å². The molecule has 0 saturated heterocycles. The first-order chi connectivity index (χ1) is 11.2. The number of ketones is 2. The maximum atomic E-state index is 12.4. The molecular weight excluding hydrogens is 284 g/mol. The number of benzene rings is 2. The van der Waals surface area contributed by atoms with Crippen molar-refractivity contribution in [3.05, 3.63) is 71.8 Å². The minimum atomic E-state index is 0.203. The van der Waals surface area contributed by atoms with E-state index in [9.17, 15) is 9.59 Å². The fourth-order valence-corrected chi connectivity index (χ4v) is 3.61. The summed E-state index contributed by atoms with van der Waals surface area (Å²) in [6, 6.07) is 19.0. The number of carbonyl (C=O) groups excluding carboxylic acids is 2. The molecular formula is C21H22O2. The SMILES string of the molecule is O=C(C[C@H]1CCC[C@@H]1CC(=O)c1ccccc1)c1ccccc1. The van der Waals surface area contributed by atoms with Gasteiger partial charge in [-0.15, -0.1) is 0 Å². The van der Waals surface area contributed by atoms with Crippen LogP contribution in [0.3, 0.4) is 0 Å². The summed E-state index contributed by atoms with van der Waals surface area (Å²) in [6.45, 7) is 0. The van der Waals surface area contributed by atoms with Crippen LogP contribution in [0.25, 0.3) is 0 Å². The van der Waals surface area contributed by atoms with Crippen LogP contribution in [0.4, 0.5) is 0 Å². The van der Waals surface area contributed by atoms with Gasteiger partial charge in [0.25, 0.3) is 0 Å². The normalized spacial score (nSPS) is 20.3. The van der Waals surface area contributed by atoms with Crippen LogP contribution in [0.15, 0.2) is 60.7 Å². The molecule has 0 unspecified atom stereocenters. The topological polar surface area (TPSA) is 34.1 Å². The molecule has 1 aliphatic rings. The molecule has 0 bridgehead atoms. The maximum absolute atomic E-state index is 12.4. The highest BCUT2D eigenvalue weighted by Gasteiger charge is 2.31. The Morgan fingerprint density at radius 3 is 1.48 bits per heavy atom. The van der Waals surface area contributed by atoms with E-state index in [1.165, 1.54) is 0 Å². The summed E-state index contributed by atoms with van der Waals surface area (Å²) in [6.07, 6.45) is 4.38. The second kappa shape index (κ2) is 7.36. The van der Waals surface area contributed by atoms with Crippen molar-refractivity contribution in [3.8, 4) is 0 Å². The molecule has 0 spiro atoms. The van der Waals surface area contributed by atoms with Gasteiger partial charge >= 0.3 is 0 Å². The third-order valence-electron chi connectivity index (χ3n) is 4.90. The number of Topliss-reactive ketones (excluding diaryl/α,β-unsaturated/α-hetero) is 2. The van der Waals surface area contributed by atoms with E-state index in [0.717, 1.165) is 30.4 Å². The molecule has 2 atom stereocenters. The number of rotatable bonds is 6. The molecule has 0 radical (unpaired) electrons. The van der Waals surface area contributed by atoms with Crippen molar-refractivity contribution in [2.45, 2.75) is 32.1 Å². The summed E-state index contributed by atoms with van der Waals surface area (Å²) in [4.78, 5) is 24.8. The van der Waals surface area contributed by atoms with Gasteiger partial charge in [-0.3, -0.25) is 9.59 Å². The molecule has 0 aromatic heterocycles. The largest absolute Gasteiger partial charge is 0.294 e. The van der Waals surface area contributed by atoms with Crippen LogP contribution in [-0.2, 0) is 0 Å². The molecule has 0 amide bonds. The van der Waals surface area contributed by atoms with Gasteiger partial charge in [0, 0.05) is 24.0 Å². The Labute approximate surface area is 137 Å². The Kier molecular flexibility index (Phi) is 5.02. The fraction of sp³-hybridized carbons (Fsp3) is 0.333. The third-order valence-corrected chi connectivity index (χ3v) is 4.90. The summed E-state index contributed by atoms with van der Waals surface area (Å²) in [5, 5.41) is 0. The molecule has 2 aromatic rings. The minimum Gasteiger partial charge on any atom is -0.294 e. The zero-order valence-corrected chi connectivity index (χ0v) is 13.3. The molecule has 2 aromatic carbocycles. The van der Waals surface area contributed by atoms with E-state index >= 15 is 0 Å². The van der Waals surface area contributed by atoms with Gasteiger partial charge < -0.3 is 0 Å². The summed E-state index contributed by atoms with van der Waals surface area (Å²) >= 11 is 0. The number of carbonyl (C=O) groups is 2. The van der Waals surface area contributed by atoms with Crippen molar-refractivity contribution in [1.29, 1.82) is 0 Å². The van der Waals surface area contributed by atoms with Gasteiger partial charge in [-0.25, -0.2) is 0 Å². The molecule has 2 heteroatoms. The van der Waals surface area contributed by atoms with Crippen LogP contribution in [-0.4, -0.2) is 11.6 Å². The van der Waals surface area contributed by atoms with E-state index < -0.39 is 0 Å². The van der Waals surface area contributed by atoms with Crippen LogP contribution in [0.1, 0.15) is 52.8 Å². The molecule has 0 aliphatic heterocycles. The van der Waals surface area contributed by atoms with Crippen molar-refractivity contribution >= 4 is 11.6 Å². The second-order valence-electron chi connectivity index (χ2n) is 6.44. The summed E-state index contributed by atoms with van der Waals surface area (Å²) in [5.41, 5.74) is 1.57. The van der Waals surface area contributed by atoms with Gasteiger partial charge in [0.1, 0.15) is 0 Å². The lowest BCUT2D eigenvalue weighted by atomic mass is 9.85. The highest BCUT2D eigenvalue weighted by atomic mass is 16.1. The molecule has 1 fully saturated rings. The first-order valence-electron chi connectivity index (χ1n) is 8.40. The van der Waals surface area contributed by atoms with Crippen molar-refractivity contribution in [3.63, 3.8) is 0 Å². The summed E-state index contributed by atoms with van der Waals surface area (Å²) < 4.78 is 0. The smallest absolute Gasteiger partial charge is 0.163 e. The molecule has 2 nitrogen and oxygen atoms in total.